The highest BCUT2D eigenvalue weighted by Gasteiger charge is 2.20. The van der Waals surface area contributed by atoms with E-state index in [-0.39, 0.29) is 23.6 Å². The van der Waals surface area contributed by atoms with E-state index in [0.29, 0.717) is 0 Å². The van der Waals surface area contributed by atoms with Crippen molar-refractivity contribution in [2.75, 3.05) is 13.1 Å². The first kappa shape index (κ1) is 10.2. The van der Waals surface area contributed by atoms with Crippen LogP contribution in [0.25, 0.3) is 0 Å². The minimum atomic E-state index is -0.153. The molecule has 0 radical (unpaired) electrons. The third kappa shape index (κ3) is 2.02. The van der Waals surface area contributed by atoms with E-state index in [0.717, 1.165) is 13.1 Å². The monoisotopic (exact) mass is 209 g/mol. The zero-order valence-corrected chi connectivity index (χ0v) is 8.93. The van der Waals surface area contributed by atoms with Crippen molar-refractivity contribution in [3.05, 3.63) is 22.7 Å². The van der Waals surface area contributed by atoms with Gasteiger partial charge in [0, 0.05) is 31.5 Å². The normalized spacial score (nSPS) is 16.5. The van der Waals surface area contributed by atoms with Gasteiger partial charge in [-0.3, -0.25) is 4.79 Å². The van der Waals surface area contributed by atoms with Crippen LogP contribution in [-0.4, -0.2) is 28.7 Å². The Morgan fingerprint density at radius 3 is 2.87 bits per heavy atom. The van der Waals surface area contributed by atoms with E-state index in [2.05, 4.69) is 10.3 Å². The number of ether oxygens (including phenoxy) is 1. The van der Waals surface area contributed by atoms with Gasteiger partial charge in [0.2, 0.25) is 0 Å². The molecule has 0 aromatic carbocycles. The van der Waals surface area contributed by atoms with Gasteiger partial charge in [-0.05, 0) is 13.8 Å². The molecule has 0 unspecified atom stereocenters. The molecule has 5 nitrogen and oxygen atoms in total. The fourth-order valence-corrected chi connectivity index (χ4v) is 1.40. The Kier molecular flexibility index (Phi) is 2.73. The largest absolute Gasteiger partial charge is 0.468 e. The average molecular weight is 209 g/mol. The van der Waals surface area contributed by atoms with Crippen molar-refractivity contribution in [3.8, 4) is 5.88 Å². The molecule has 0 aliphatic carbocycles. The Balaban J connectivity index is 2.23. The lowest BCUT2D eigenvalue weighted by molar-refractivity contribution is 0.132. The Labute approximate surface area is 88.1 Å². The van der Waals surface area contributed by atoms with Gasteiger partial charge in [0.25, 0.3) is 5.88 Å². The first-order valence-corrected chi connectivity index (χ1v) is 5.13. The Morgan fingerprint density at radius 1 is 1.60 bits per heavy atom. The summed E-state index contributed by atoms with van der Waals surface area (Å²) in [7, 11) is 0. The van der Waals surface area contributed by atoms with Gasteiger partial charge in [0.15, 0.2) is 0 Å². The van der Waals surface area contributed by atoms with E-state index in [1.165, 1.54) is 0 Å². The maximum absolute atomic E-state index is 11.8. The van der Waals surface area contributed by atoms with Crippen LogP contribution in [0, 0.1) is 0 Å². The molecule has 1 saturated heterocycles. The van der Waals surface area contributed by atoms with Crippen LogP contribution >= 0.6 is 0 Å². The Hall–Kier alpha value is -1.36. The van der Waals surface area contributed by atoms with Crippen molar-refractivity contribution in [1.82, 2.24) is 14.9 Å². The van der Waals surface area contributed by atoms with Crippen molar-refractivity contribution in [3.63, 3.8) is 0 Å². The topological polar surface area (TPSA) is 56.1 Å². The molecule has 0 amide bonds. The average Bonchev–Trinajstić information content (AvgIpc) is 2.13. The number of nitrogens with zero attached hydrogens (tertiary/aromatic N) is 2. The number of hydrogen-bond donors (Lipinski definition) is 1. The smallest absolute Gasteiger partial charge is 0.313 e. The number of rotatable bonds is 3. The standard InChI is InChI=1S/C10H15N3O2/c1-7(2)13-4-3-12-9(10(13)14)15-8-5-11-6-8/h3-4,7-8,11H,5-6H2,1-2H3. The highest BCUT2D eigenvalue weighted by molar-refractivity contribution is 5.06. The summed E-state index contributed by atoms with van der Waals surface area (Å²) in [6, 6.07) is 0.127. The predicted molar refractivity (Wildman–Crippen MR) is 56.2 cm³/mol. The molecule has 0 atom stereocenters. The van der Waals surface area contributed by atoms with Crippen LogP contribution in [0.5, 0.6) is 5.88 Å². The summed E-state index contributed by atoms with van der Waals surface area (Å²) in [5, 5.41) is 3.08. The van der Waals surface area contributed by atoms with Crippen molar-refractivity contribution < 1.29 is 4.74 Å². The molecule has 1 N–H and O–H groups in total. The van der Waals surface area contributed by atoms with Gasteiger partial charge >= 0.3 is 5.56 Å². The predicted octanol–water partition coefficient (Wildman–Crippen LogP) is 0.175. The summed E-state index contributed by atoms with van der Waals surface area (Å²) >= 11 is 0. The number of aromatic nitrogens is 2. The van der Waals surface area contributed by atoms with Gasteiger partial charge in [-0.2, -0.15) is 0 Å². The lowest BCUT2D eigenvalue weighted by Crippen LogP contribution is -2.51. The number of hydrogen-bond acceptors (Lipinski definition) is 4. The van der Waals surface area contributed by atoms with Crippen molar-refractivity contribution in [2.24, 2.45) is 0 Å². The van der Waals surface area contributed by atoms with Crippen LogP contribution in [0.1, 0.15) is 19.9 Å². The fraction of sp³-hybridized carbons (Fsp3) is 0.600. The third-order valence-electron chi connectivity index (χ3n) is 2.42. The van der Waals surface area contributed by atoms with Crippen LogP contribution < -0.4 is 15.6 Å². The first-order valence-electron chi connectivity index (χ1n) is 5.13. The highest BCUT2D eigenvalue weighted by atomic mass is 16.5. The second-order valence-electron chi connectivity index (χ2n) is 3.94. The van der Waals surface area contributed by atoms with Gasteiger partial charge in [-0.15, -0.1) is 0 Å². The molecule has 1 aromatic heterocycles. The van der Waals surface area contributed by atoms with Crippen LogP contribution in [0.2, 0.25) is 0 Å². The zero-order valence-electron chi connectivity index (χ0n) is 8.93. The van der Waals surface area contributed by atoms with E-state index in [4.69, 9.17) is 4.74 Å². The lowest BCUT2D eigenvalue weighted by atomic mass is 10.2. The summed E-state index contributed by atoms with van der Waals surface area (Å²) in [4.78, 5) is 15.8. The molecule has 15 heavy (non-hydrogen) atoms. The molecular weight excluding hydrogens is 194 g/mol. The van der Waals surface area contributed by atoms with Crippen LogP contribution in [0.3, 0.4) is 0 Å². The minimum absolute atomic E-state index is 0.0909. The van der Waals surface area contributed by atoms with Crippen LogP contribution in [-0.2, 0) is 0 Å². The SMILES string of the molecule is CC(C)n1ccnc(OC2CNC2)c1=O. The molecule has 82 valence electrons. The first-order chi connectivity index (χ1) is 7.18. The van der Waals surface area contributed by atoms with Crippen LogP contribution in [0.4, 0.5) is 0 Å². The molecule has 1 aliphatic rings. The second kappa shape index (κ2) is 4.02. The van der Waals surface area contributed by atoms with Crippen LogP contribution in [0.15, 0.2) is 17.2 Å². The maximum Gasteiger partial charge on any atom is 0.313 e. The van der Waals surface area contributed by atoms with Gasteiger partial charge in [-0.1, -0.05) is 0 Å². The van der Waals surface area contributed by atoms with E-state index in [1.807, 2.05) is 13.8 Å². The molecule has 2 rings (SSSR count). The Morgan fingerprint density at radius 2 is 2.33 bits per heavy atom. The van der Waals surface area contributed by atoms with E-state index >= 15 is 0 Å². The Bertz CT molecular complexity index is 396. The van der Waals surface area contributed by atoms with E-state index < -0.39 is 0 Å². The van der Waals surface area contributed by atoms with Gasteiger partial charge in [0.05, 0.1) is 0 Å². The number of nitrogens with one attached hydrogen (secondary N) is 1. The van der Waals surface area contributed by atoms with Gasteiger partial charge < -0.3 is 14.6 Å². The maximum atomic E-state index is 11.8. The van der Waals surface area contributed by atoms with Crippen molar-refractivity contribution in [1.29, 1.82) is 0 Å². The van der Waals surface area contributed by atoms with Gasteiger partial charge in [0.1, 0.15) is 6.10 Å². The minimum Gasteiger partial charge on any atom is -0.468 e. The lowest BCUT2D eigenvalue weighted by Gasteiger charge is -2.27. The second-order valence-corrected chi connectivity index (χ2v) is 3.94. The summed E-state index contributed by atoms with van der Waals surface area (Å²) in [6.45, 7) is 5.49. The van der Waals surface area contributed by atoms with Gasteiger partial charge in [-0.25, -0.2) is 4.98 Å². The summed E-state index contributed by atoms with van der Waals surface area (Å²) in [5.41, 5.74) is -0.153. The van der Waals surface area contributed by atoms with Crippen molar-refractivity contribution in [2.45, 2.75) is 26.0 Å². The van der Waals surface area contributed by atoms with Crippen molar-refractivity contribution >= 4 is 0 Å². The summed E-state index contributed by atoms with van der Waals surface area (Å²) in [5.74, 6) is 0.206. The quantitative estimate of drug-likeness (QED) is 0.771. The third-order valence-corrected chi connectivity index (χ3v) is 2.42. The molecule has 1 aromatic rings. The molecule has 0 spiro atoms. The highest BCUT2D eigenvalue weighted by Crippen LogP contribution is 2.06. The fourth-order valence-electron chi connectivity index (χ4n) is 1.40. The summed E-state index contributed by atoms with van der Waals surface area (Å²) in [6.07, 6.45) is 3.37. The molecule has 1 aliphatic heterocycles. The summed E-state index contributed by atoms with van der Waals surface area (Å²) < 4.78 is 7.08. The molecule has 0 saturated carbocycles. The molecule has 1 fully saturated rings. The van der Waals surface area contributed by atoms with E-state index in [1.54, 1.807) is 17.0 Å². The molecule has 0 bridgehead atoms. The zero-order chi connectivity index (χ0) is 10.8. The van der Waals surface area contributed by atoms with E-state index in [9.17, 15) is 4.79 Å². The molecule has 5 heteroatoms. The molecular formula is C10H15N3O2. The molecule has 2 heterocycles.